The van der Waals surface area contributed by atoms with E-state index in [1.54, 1.807) is 0 Å². The summed E-state index contributed by atoms with van der Waals surface area (Å²) in [6.45, 7) is 7.09. The summed E-state index contributed by atoms with van der Waals surface area (Å²) in [5, 5.41) is 16.5. The zero-order valence-electron chi connectivity index (χ0n) is 12.7. The van der Waals surface area contributed by atoms with E-state index in [-0.39, 0.29) is 5.84 Å². The van der Waals surface area contributed by atoms with Crippen molar-refractivity contribution in [2.24, 2.45) is 5.73 Å². The van der Waals surface area contributed by atoms with Crippen molar-refractivity contribution in [3.63, 3.8) is 0 Å². The number of aromatic nitrogens is 2. The first-order valence-corrected chi connectivity index (χ1v) is 7.51. The van der Waals surface area contributed by atoms with E-state index in [1.165, 1.54) is 25.7 Å². The summed E-state index contributed by atoms with van der Waals surface area (Å²) in [6.07, 6.45) is 5.97. The Morgan fingerprint density at radius 1 is 1.30 bits per heavy atom. The third-order valence-electron chi connectivity index (χ3n) is 4.33. The summed E-state index contributed by atoms with van der Waals surface area (Å²) in [4.78, 5) is 2.32. The zero-order valence-corrected chi connectivity index (χ0v) is 12.7. The highest BCUT2D eigenvalue weighted by atomic mass is 15.3. The largest absolute Gasteiger partial charge is 0.384 e. The standard InChI is InChI=1S/C15H25N5/c1-4-12-8-6-5-7-9-20(12)15-13(14(16)17)10(2)11(3)18-19-15/h12H,4-9H2,1-3H3,(H3,16,17). The number of nitrogens with two attached hydrogens (primary N) is 1. The van der Waals surface area contributed by atoms with Crippen LogP contribution in [0.4, 0.5) is 5.82 Å². The topological polar surface area (TPSA) is 78.9 Å². The van der Waals surface area contributed by atoms with E-state index >= 15 is 0 Å². The summed E-state index contributed by atoms with van der Waals surface area (Å²) >= 11 is 0. The second kappa shape index (κ2) is 6.20. The van der Waals surface area contributed by atoms with Crippen molar-refractivity contribution in [2.75, 3.05) is 11.4 Å². The monoisotopic (exact) mass is 275 g/mol. The van der Waals surface area contributed by atoms with Crippen molar-refractivity contribution < 1.29 is 0 Å². The first kappa shape index (κ1) is 14.8. The summed E-state index contributed by atoms with van der Waals surface area (Å²) in [7, 11) is 0. The average Bonchev–Trinajstić information content (AvgIpc) is 2.66. The maximum absolute atomic E-state index is 7.89. The number of aryl methyl sites for hydroxylation is 1. The Kier molecular flexibility index (Phi) is 4.57. The molecule has 1 aromatic rings. The van der Waals surface area contributed by atoms with Gasteiger partial charge >= 0.3 is 0 Å². The van der Waals surface area contributed by atoms with E-state index in [0.29, 0.717) is 6.04 Å². The molecule has 0 amide bonds. The summed E-state index contributed by atoms with van der Waals surface area (Å²) < 4.78 is 0. The predicted octanol–water partition coefficient (Wildman–Crippen LogP) is 2.54. The number of nitrogens with zero attached hydrogens (tertiary/aromatic N) is 3. The van der Waals surface area contributed by atoms with E-state index in [0.717, 1.165) is 35.6 Å². The molecule has 1 saturated heterocycles. The van der Waals surface area contributed by atoms with Crippen LogP contribution in [0.5, 0.6) is 0 Å². The predicted molar refractivity (Wildman–Crippen MR) is 82.4 cm³/mol. The van der Waals surface area contributed by atoms with Gasteiger partial charge in [0, 0.05) is 12.6 Å². The maximum Gasteiger partial charge on any atom is 0.162 e. The number of hydrogen-bond acceptors (Lipinski definition) is 4. The van der Waals surface area contributed by atoms with Gasteiger partial charge in [0.25, 0.3) is 0 Å². The first-order valence-electron chi connectivity index (χ1n) is 7.51. The molecule has 1 atom stereocenters. The van der Waals surface area contributed by atoms with Crippen LogP contribution in [0.15, 0.2) is 0 Å². The van der Waals surface area contributed by atoms with Gasteiger partial charge in [0.2, 0.25) is 0 Å². The molecule has 5 nitrogen and oxygen atoms in total. The molecule has 3 N–H and O–H groups in total. The highest BCUT2D eigenvalue weighted by Crippen LogP contribution is 2.28. The third-order valence-corrected chi connectivity index (χ3v) is 4.33. The molecule has 1 fully saturated rings. The summed E-state index contributed by atoms with van der Waals surface area (Å²) in [6, 6.07) is 0.479. The Morgan fingerprint density at radius 2 is 2.05 bits per heavy atom. The lowest BCUT2D eigenvalue weighted by Gasteiger charge is -2.32. The summed E-state index contributed by atoms with van der Waals surface area (Å²) in [5.74, 6) is 0.893. The van der Waals surface area contributed by atoms with E-state index in [4.69, 9.17) is 11.1 Å². The molecule has 1 unspecified atom stereocenters. The Balaban J connectivity index is 2.49. The van der Waals surface area contributed by atoms with Gasteiger partial charge in [0.15, 0.2) is 5.82 Å². The van der Waals surface area contributed by atoms with Gasteiger partial charge in [-0.05, 0) is 38.7 Å². The van der Waals surface area contributed by atoms with E-state index < -0.39 is 0 Å². The normalized spacial score (nSPS) is 19.8. The number of nitrogen functional groups attached to an aromatic ring is 1. The molecule has 0 bridgehead atoms. The van der Waals surface area contributed by atoms with Gasteiger partial charge in [-0.15, -0.1) is 5.10 Å². The van der Waals surface area contributed by atoms with Crippen molar-refractivity contribution in [1.82, 2.24) is 10.2 Å². The molecule has 2 rings (SSSR count). The SMILES string of the molecule is CCC1CCCCCN1c1nnc(C)c(C)c1C(=N)N. The number of rotatable bonds is 3. The van der Waals surface area contributed by atoms with Crippen molar-refractivity contribution in [3.8, 4) is 0 Å². The quantitative estimate of drug-likeness (QED) is 0.656. The Morgan fingerprint density at radius 3 is 2.70 bits per heavy atom. The summed E-state index contributed by atoms with van der Waals surface area (Å²) in [5.41, 5.74) is 8.39. The van der Waals surface area contributed by atoms with Crippen molar-refractivity contribution in [1.29, 1.82) is 5.41 Å². The second-order valence-electron chi connectivity index (χ2n) is 5.63. The number of hydrogen-bond donors (Lipinski definition) is 2. The lowest BCUT2D eigenvalue weighted by atomic mass is 10.0. The van der Waals surface area contributed by atoms with Crippen LogP contribution in [0, 0.1) is 19.3 Å². The molecule has 0 radical (unpaired) electrons. The smallest absolute Gasteiger partial charge is 0.162 e. The third kappa shape index (κ3) is 2.76. The highest BCUT2D eigenvalue weighted by molar-refractivity contribution is 6.01. The van der Waals surface area contributed by atoms with Crippen molar-refractivity contribution >= 4 is 11.7 Å². The average molecular weight is 275 g/mol. The van der Waals surface area contributed by atoms with Crippen LogP contribution in [0.1, 0.15) is 55.8 Å². The van der Waals surface area contributed by atoms with Gasteiger partial charge in [-0.1, -0.05) is 19.8 Å². The van der Waals surface area contributed by atoms with Crippen LogP contribution in [0.3, 0.4) is 0 Å². The van der Waals surface area contributed by atoms with E-state index in [1.807, 2.05) is 13.8 Å². The van der Waals surface area contributed by atoms with Gasteiger partial charge in [0.1, 0.15) is 5.84 Å². The maximum atomic E-state index is 7.89. The fourth-order valence-electron chi connectivity index (χ4n) is 3.00. The minimum absolute atomic E-state index is 0.0922. The minimum atomic E-state index is 0.0922. The minimum Gasteiger partial charge on any atom is -0.384 e. The molecular weight excluding hydrogens is 250 g/mol. The first-order chi connectivity index (χ1) is 9.56. The molecule has 1 aromatic heterocycles. The molecule has 5 heteroatoms. The Labute approximate surface area is 121 Å². The molecule has 0 saturated carbocycles. The molecule has 0 aliphatic carbocycles. The number of nitrogens with one attached hydrogen (secondary N) is 1. The fraction of sp³-hybridized carbons (Fsp3) is 0.667. The van der Waals surface area contributed by atoms with Gasteiger partial charge in [0.05, 0.1) is 11.3 Å². The Bertz CT molecular complexity index is 497. The van der Waals surface area contributed by atoms with Gasteiger partial charge in [-0.25, -0.2) is 0 Å². The van der Waals surface area contributed by atoms with Crippen molar-refractivity contribution in [2.45, 2.75) is 58.9 Å². The molecular formula is C15H25N5. The van der Waals surface area contributed by atoms with Gasteiger partial charge in [-0.2, -0.15) is 5.10 Å². The molecule has 1 aliphatic rings. The van der Waals surface area contributed by atoms with Gasteiger partial charge < -0.3 is 10.6 Å². The zero-order chi connectivity index (χ0) is 14.7. The van der Waals surface area contributed by atoms with Crippen LogP contribution in [0.2, 0.25) is 0 Å². The number of amidine groups is 1. The van der Waals surface area contributed by atoms with Crippen LogP contribution in [0.25, 0.3) is 0 Å². The molecule has 20 heavy (non-hydrogen) atoms. The number of anilines is 1. The second-order valence-corrected chi connectivity index (χ2v) is 5.63. The lowest BCUT2D eigenvalue weighted by Crippen LogP contribution is -2.37. The van der Waals surface area contributed by atoms with Crippen molar-refractivity contribution in [3.05, 3.63) is 16.8 Å². The molecule has 0 aromatic carbocycles. The van der Waals surface area contributed by atoms with Gasteiger partial charge in [-0.3, -0.25) is 5.41 Å². The Hall–Kier alpha value is -1.65. The van der Waals surface area contributed by atoms with E-state index in [9.17, 15) is 0 Å². The molecule has 110 valence electrons. The lowest BCUT2D eigenvalue weighted by molar-refractivity contribution is 0.549. The highest BCUT2D eigenvalue weighted by Gasteiger charge is 2.25. The van der Waals surface area contributed by atoms with Crippen LogP contribution in [-0.2, 0) is 0 Å². The van der Waals surface area contributed by atoms with Crippen LogP contribution < -0.4 is 10.6 Å². The molecule has 2 heterocycles. The molecule has 1 aliphatic heterocycles. The fourth-order valence-corrected chi connectivity index (χ4v) is 3.00. The van der Waals surface area contributed by atoms with Crippen LogP contribution >= 0.6 is 0 Å². The van der Waals surface area contributed by atoms with Crippen LogP contribution in [-0.4, -0.2) is 28.6 Å². The van der Waals surface area contributed by atoms with E-state index in [2.05, 4.69) is 22.0 Å². The molecule has 0 spiro atoms.